The Bertz CT molecular complexity index is 458. The molecule has 0 aromatic carbocycles. The Balaban J connectivity index is 1.65. The molecule has 3 rings (SSSR count). The second kappa shape index (κ2) is 5.00. The molecule has 0 amide bonds. The average Bonchev–Trinajstić information content (AvgIpc) is 3.22. The normalized spacial score (nSPS) is 19.1. The van der Waals surface area contributed by atoms with Crippen LogP contribution in [0.15, 0.2) is 10.5 Å². The van der Waals surface area contributed by atoms with Gasteiger partial charge in [-0.25, -0.2) is 4.79 Å². The summed E-state index contributed by atoms with van der Waals surface area (Å²) in [5.74, 6) is 2.11. The van der Waals surface area contributed by atoms with Crippen LogP contribution in [-0.2, 0) is 6.54 Å². The molecule has 0 aliphatic heterocycles. The van der Waals surface area contributed by atoms with Crippen molar-refractivity contribution >= 4 is 5.97 Å². The minimum atomic E-state index is -0.900. The highest BCUT2D eigenvalue weighted by molar-refractivity contribution is 5.88. The fraction of sp³-hybridized carbons (Fsp3) is 0.667. The molecule has 0 spiro atoms. The quantitative estimate of drug-likeness (QED) is 0.821. The van der Waals surface area contributed by atoms with Crippen molar-refractivity contribution < 1.29 is 14.3 Å². The van der Waals surface area contributed by atoms with Crippen molar-refractivity contribution in [2.45, 2.75) is 39.2 Å². The first-order valence-electron chi connectivity index (χ1n) is 7.17. The fourth-order valence-corrected chi connectivity index (χ4v) is 2.59. The van der Waals surface area contributed by atoms with Crippen LogP contribution in [0.4, 0.5) is 0 Å². The molecular formula is C15H21NO3. The van der Waals surface area contributed by atoms with E-state index in [2.05, 4.69) is 4.90 Å². The number of aryl methyl sites for hydroxylation is 1. The molecule has 2 fully saturated rings. The zero-order valence-electron chi connectivity index (χ0n) is 11.4. The molecule has 1 N–H and O–H groups in total. The zero-order chi connectivity index (χ0) is 13.4. The van der Waals surface area contributed by atoms with Gasteiger partial charge in [0.15, 0.2) is 0 Å². The first-order valence-corrected chi connectivity index (χ1v) is 7.17. The summed E-state index contributed by atoms with van der Waals surface area (Å²) < 4.78 is 5.59. The van der Waals surface area contributed by atoms with Crippen molar-refractivity contribution in [3.63, 3.8) is 0 Å². The van der Waals surface area contributed by atoms with Gasteiger partial charge in [0.25, 0.3) is 0 Å². The average molecular weight is 263 g/mol. The van der Waals surface area contributed by atoms with Crippen molar-refractivity contribution in [3.8, 4) is 0 Å². The van der Waals surface area contributed by atoms with Crippen LogP contribution >= 0.6 is 0 Å². The van der Waals surface area contributed by atoms with E-state index in [1.807, 2.05) is 0 Å². The molecule has 2 saturated carbocycles. The van der Waals surface area contributed by atoms with Crippen LogP contribution in [0.1, 0.15) is 47.6 Å². The lowest BCUT2D eigenvalue weighted by Crippen LogP contribution is -2.27. The van der Waals surface area contributed by atoms with Crippen LogP contribution in [0.2, 0.25) is 0 Å². The smallest absolute Gasteiger partial charge is 0.339 e. The molecular weight excluding hydrogens is 242 g/mol. The molecule has 0 saturated heterocycles. The van der Waals surface area contributed by atoms with E-state index in [1.165, 1.54) is 25.7 Å². The van der Waals surface area contributed by atoms with Crippen molar-refractivity contribution in [1.82, 2.24) is 4.90 Å². The maximum Gasteiger partial charge on any atom is 0.339 e. The molecule has 0 radical (unpaired) electrons. The number of rotatable bonds is 7. The van der Waals surface area contributed by atoms with Crippen LogP contribution in [0.5, 0.6) is 0 Å². The minimum Gasteiger partial charge on any atom is -0.478 e. The Hall–Kier alpha value is -1.29. The summed E-state index contributed by atoms with van der Waals surface area (Å²) in [6.07, 6.45) is 5.38. The number of hydrogen-bond acceptors (Lipinski definition) is 3. The molecule has 4 nitrogen and oxygen atoms in total. The fourth-order valence-electron chi connectivity index (χ4n) is 2.59. The summed E-state index contributed by atoms with van der Waals surface area (Å²) in [7, 11) is 0. The molecule has 2 aliphatic carbocycles. The van der Waals surface area contributed by atoms with E-state index in [0.717, 1.165) is 37.2 Å². The lowest BCUT2D eigenvalue weighted by Gasteiger charge is -2.20. The Morgan fingerprint density at radius 3 is 2.32 bits per heavy atom. The third-order valence-corrected chi connectivity index (χ3v) is 4.01. The SMILES string of the molecule is Cc1oc(CN(CC2CC2)CC2CC2)cc1C(=O)O. The first kappa shape index (κ1) is 12.7. The van der Waals surface area contributed by atoms with Gasteiger partial charge in [-0.15, -0.1) is 0 Å². The second-order valence-corrected chi connectivity index (χ2v) is 6.07. The summed E-state index contributed by atoms with van der Waals surface area (Å²) in [5, 5.41) is 9.05. The van der Waals surface area contributed by atoms with E-state index in [9.17, 15) is 4.79 Å². The third-order valence-electron chi connectivity index (χ3n) is 4.01. The summed E-state index contributed by atoms with van der Waals surface area (Å²) in [6, 6.07) is 1.68. The number of aromatic carboxylic acids is 1. The predicted octanol–water partition coefficient (Wildman–Crippen LogP) is 2.91. The van der Waals surface area contributed by atoms with Crippen molar-refractivity contribution in [1.29, 1.82) is 0 Å². The highest BCUT2D eigenvalue weighted by Crippen LogP contribution is 2.34. The van der Waals surface area contributed by atoms with Gasteiger partial charge in [-0.2, -0.15) is 0 Å². The molecule has 0 bridgehead atoms. The van der Waals surface area contributed by atoms with Gasteiger partial charge in [0.2, 0.25) is 0 Å². The number of nitrogens with zero attached hydrogens (tertiary/aromatic N) is 1. The van der Waals surface area contributed by atoms with Gasteiger partial charge in [-0.05, 0) is 50.5 Å². The molecule has 4 heteroatoms. The summed E-state index contributed by atoms with van der Waals surface area (Å²) >= 11 is 0. The van der Waals surface area contributed by atoms with Crippen LogP contribution < -0.4 is 0 Å². The third kappa shape index (κ3) is 3.38. The Morgan fingerprint density at radius 1 is 1.32 bits per heavy atom. The molecule has 1 aromatic rings. The molecule has 1 heterocycles. The predicted molar refractivity (Wildman–Crippen MR) is 71.1 cm³/mol. The Morgan fingerprint density at radius 2 is 1.89 bits per heavy atom. The highest BCUT2D eigenvalue weighted by Gasteiger charge is 2.29. The number of carbonyl (C=O) groups is 1. The van der Waals surface area contributed by atoms with Crippen molar-refractivity contribution in [2.24, 2.45) is 11.8 Å². The van der Waals surface area contributed by atoms with E-state index in [0.29, 0.717) is 11.3 Å². The van der Waals surface area contributed by atoms with Gasteiger partial charge in [0.05, 0.1) is 6.54 Å². The lowest BCUT2D eigenvalue weighted by atomic mass is 10.2. The maximum atomic E-state index is 11.0. The summed E-state index contributed by atoms with van der Waals surface area (Å²) in [4.78, 5) is 13.5. The zero-order valence-corrected chi connectivity index (χ0v) is 11.4. The number of hydrogen-bond donors (Lipinski definition) is 1. The topological polar surface area (TPSA) is 53.7 Å². The molecule has 0 unspecified atom stereocenters. The summed E-state index contributed by atoms with van der Waals surface area (Å²) in [5.41, 5.74) is 0.299. The van der Waals surface area contributed by atoms with Crippen molar-refractivity contribution in [3.05, 3.63) is 23.2 Å². The molecule has 19 heavy (non-hydrogen) atoms. The summed E-state index contributed by atoms with van der Waals surface area (Å²) in [6.45, 7) is 4.75. The van der Waals surface area contributed by atoms with E-state index in [-0.39, 0.29) is 0 Å². The van der Waals surface area contributed by atoms with Gasteiger partial charge in [0.1, 0.15) is 17.1 Å². The van der Waals surface area contributed by atoms with Crippen LogP contribution in [-0.4, -0.2) is 29.1 Å². The largest absolute Gasteiger partial charge is 0.478 e. The van der Waals surface area contributed by atoms with Gasteiger partial charge in [-0.1, -0.05) is 0 Å². The number of carboxylic acids is 1. The van der Waals surface area contributed by atoms with E-state index in [1.54, 1.807) is 13.0 Å². The lowest BCUT2D eigenvalue weighted by molar-refractivity contribution is 0.0695. The molecule has 104 valence electrons. The maximum absolute atomic E-state index is 11.0. The van der Waals surface area contributed by atoms with E-state index >= 15 is 0 Å². The first-order chi connectivity index (χ1) is 9.11. The molecule has 0 atom stereocenters. The van der Waals surface area contributed by atoms with Crippen LogP contribution in [0, 0.1) is 18.8 Å². The minimum absolute atomic E-state index is 0.299. The van der Waals surface area contributed by atoms with Crippen LogP contribution in [0.3, 0.4) is 0 Å². The Labute approximate surface area is 113 Å². The standard InChI is InChI=1S/C15H21NO3/c1-10-14(15(17)18)6-13(19-10)9-16(7-11-2-3-11)8-12-4-5-12/h6,11-12H,2-5,7-9H2,1H3,(H,17,18). The van der Waals surface area contributed by atoms with Crippen molar-refractivity contribution in [2.75, 3.05) is 13.1 Å². The molecule has 2 aliphatic rings. The Kier molecular flexibility index (Phi) is 3.35. The van der Waals surface area contributed by atoms with Gasteiger partial charge < -0.3 is 9.52 Å². The molecule has 1 aromatic heterocycles. The van der Waals surface area contributed by atoms with Gasteiger partial charge >= 0.3 is 5.97 Å². The number of furan rings is 1. The van der Waals surface area contributed by atoms with Gasteiger partial charge in [-0.3, -0.25) is 4.90 Å². The van der Waals surface area contributed by atoms with E-state index in [4.69, 9.17) is 9.52 Å². The monoisotopic (exact) mass is 263 g/mol. The number of carboxylic acid groups (broad SMARTS) is 1. The van der Waals surface area contributed by atoms with Gasteiger partial charge in [0, 0.05) is 13.1 Å². The van der Waals surface area contributed by atoms with Crippen LogP contribution in [0.25, 0.3) is 0 Å². The highest BCUT2D eigenvalue weighted by atomic mass is 16.4. The van der Waals surface area contributed by atoms with E-state index < -0.39 is 5.97 Å². The second-order valence-electron chi connectivity index (χ2n) is 6.07.